The van der Waals surface area contributed by atoms with E-state index in [2.05, 4.69) is 19.2 Å². The van der Waals surface area contributed by atoms with Crippen LogP contribution in [0.4, 0.5) is 0 Å². The third-order valence-corrected chi connectivity index (χ3v) is 4.56. The standard InChI is InChI=1S/C14H24N2O2S/c1-4-11(2)14(15)10-16-9-12-5-7-13(8-6-12)19(3,17)18/h5-8,11,14,16H,4,9-10,15H2,1-3H3. The van der Waals surface area contributed by atoms with Crippen molar-refractivity contribution in [1.82, 2.24) is 5.32 Å². The van der Waals surface area contributed by atoms with Gasteiger partial charge in [0.2, 0.25) is 0 Å². The van der Waals surface area contributed by atoms with Crippen LogP contribution in [0.3, 0.4) is 0 Å². The van der Waals surface area contributed by atoms with Crippen LogP contribution >= 0.6 is 0 Å². The minimum absolute atomic E-state index is 0.153. The Morgan fingerprint density at radius 3 is 2.32 bits per heavy atom. The molecule has 0 aliphatic heterocycles. The van der Waals surface area contributed by atoms with Gasteiger partial charge >= 0.3 is 0 Å². The van der Waals surface area contributed by atoms with Crippen molar-refractivity contribution in [2.24, 2.45) is 11.7 Å². The average Bonchev–Trinajstić information content (AvgIpc) is 2.37. The molecule has 1 aromatic rings. The third-order valence-electron chi connectivity index (χ3n) is 3.44. The molecular formula is C14H24N2O2S. The molecule has 0 spiro atoms. The van der Waals surface area contributed by atoms with Gasteiger partial charge in [-0.1, -0.05) is 32.4 Å². The first-order chi connectivity index (χ1) is 8.84. The molecular weight excluding hydrogens is 260 g/mol. The van der Waals surface area contributed by atoms with Crippen LogP contribution in [-0.2, 0) is 16.4 Å². The second kappa shape index (κ2) is 7.03. The second-order valence-electron chi connectivity index (χ2n) is 5.10. The number of rotatable bonds is 7. The molecule has 1 rings (SSSR count). The highest BCUT2D eigenvalue weighted by Crippen LogP contribution is 2.10. The molecule has 0 aliphatic rings. The predicted octanol–water partition coefficient (Wildman–Crippen LogP) is 1.55. The minimum Gasteiger partial charge on any atom is -0.326 e. The van der Waals surface area contributed by atoms with E-state index in [0.717, 1.165) is 18.5 Å². The summed E-state index contributed by atoms with van der Waals surface area (Å²) in [7, 11) is -3.11. The fourth-order valence-electron chi connectivity index (χ4n) is 1.74. The second-order valence-corrected chi connectivity index (χ2v) is 7.11. The fourth-order valence-corrected chi connectivity index (χ4v) is 2.37. The summed E-state index contributed by atoms with van der Waals surface area (Å²) in [6.07, 6.45) is 2.29. The van der Waals surface area contributed by atoms with E-state index in [-0.39, 0.29) is 6.04 Å². The molecule has 19 heavy (non-hydrogen) atoms. The van der Waals surface area contributed by atoms with E-state index in [0.29, 0.717) is 17.4 Å². The number of nitrogens with one attached hydrogen (secondary N) is 1. The maximum atomic E-state index is 11.3. The zero-order chi connectivity index (χ0) is 14.5. The van der Waals surface area contributed by atoms with Gasteiger partial charge in [0.05, 0.1) is 4.90 Å². The van der Waals surface area contributed by atoms with Crippen molar-refractivity contribution in [3.63, 3.8) is 0 Å². The molecule has 108 valence electrons. The van der Waals surface area contributed by atoms with Gasteiger partial charge in [-0.3, -0.25) is 0 Å². The summed E-state index contributed by atoms with van der Waals surface area (Å²) in [4.78, 5) is 0.354. The van der Waals surface area contributed by atoms with Crippen LogP contribution in [0.25, 0.3) is 0 Å². The highest BCUT2D eigenvalue weighted by atomic mass is 32.2. The first-order valence-corrected chi connectivity index (χ1v) is 8.49. The van der Waals surface area contributed by atoms with Crippen molar-refractivity contribution in [2.75, 3.05) is 12.8 Å². The molecule has 0 saturated carbocycles. The van der Waals surface area contributed by atoms with Crippen molar-refractivity contribution in [3.8, 4) is 0 Å². The van der Waals surface area contributed by atoms with Crippen molar-refractivity contribution in [1.29, 1.82) is 0 Å². The van der Waals surface area contributed by atoms with Gasteiger partial charge in [0.15, 0.2) is 9.84 Å². The van der Waals surface area contributed by atoms with Crippen LogP contribution in [0.2, 0.25) is 0 Å². The lowest BCUT2D eigenvalue weighted by atomic mass is 10.0. The van der Waals surface area contributed by atoms with Gasteiger partial charge < -0.3 is 11.1 Å². The maximum Gasteiger partial charge on any atom is 0.175 e. The van der Waals surface area contributed by atoms with Crippen LogP contribution < -0.4 is 11.1 Å². The summed E-state index contributed by atoms with van der Waals surface area (Å²) >= 11 is 0. The molecule has 2 unspecified atom stereocenters. The van der Waals surface area contributed by atoms with Gasteiger partial charge in [0, 0.05) is 25.4 Å². The van der Waals surface area contributed by atoms with Crippen molar-refractivity contribution < 1.29 is 8.42 Å². The molecule has 1 aromatic carbocycles. The monoisotopic (exact) mass is 284 g/mol. The average molecular weight is 284 g/mol. The van der Waals surface area contributed by atoms with Crippen LogP contribution in [0.15, 0.2) is 29.2 Å². The van der Waals surface area contributed by atoms with Gasteiger partial charge in [-0.05, 0) is 23.6 Å². The quantitative estimate of drug-likeness (QED) is 0.797. The van der Waals surface area contributed by atoms with Crippen molar-refractivity contribution in [3.05, 3.63) is 29.8 Å². The molecule has 0 saturated heterocycles. The first kappa shape index (κ1) is 16.1. The van der Waals surface area contributed by atoms with Crippen LogP contribution in [-0.4, -0.2) is 27.3 Å². The molecule has 0 aliphatic carbocycles. The van der Waals surface area contributed by atoms with Crippen LogP contribution in [0.1, 0.15) is 25.8 Å². The van der Waals surface area contributed by atoms with E-state index >= 15 is 0 Å². The number of hydrogen-bond donors (Lipinski definition) is 2. The normalized spacial score (nSPS) is 15.2. The summed E-state index contributed by atoms with van der Waals surface area (Å²) in [6, 6.07) is 7.10. The van der Waals surface area contributed by atoms with E-state index in [9.17, 15) is 8.42 Å². The topological polar surface area (TPSA) is 72.2 Å². The largest absolute Gasteiger partial charge is 0.326 e. The lowest BCUT2D eigenvalue weighted by Crippen LogP contribution is -2.38. The van der Waals surface area contributed by atoms with E-state index in [1.54, 1.807) is 12.1 Å². The number of hydrogen-bond acceptors (Lipinski definition) is 4. The Morgan fingerprint density at radius 2 is 1.84 bits per heavy atom. The van der Waals surface area contributed by atoms with E-state index in [1.165, 1.54) is 6.26 Å². The molecule has 4 nitrogen and oxygen atoms in total. The van der Waals surface area contributed by atoms with Crippen molar-refractivity contribution in [2.45, 2.75) is 37.8 Å². The predicted molar refractivity (Wildman–Crippen MR) is 78.7 cm³/mol. The number of sulfone groups is 1. The molecule has 0 radical (unpaired) electrons. The number of nitrogens with two attached hydrogens (primary N) is 1. The Balaban J connectivity index is 2.47. The summed E-state index contributed by atoms with van der Waals surface area (Å²) in [5, 5.41) is 3.30. The molecule has 0 amide bonds. The van der Waals surface area contributed by atoms with E-state index in [1.807, 2.05) is 12.1 Å². The molecule has 0 fully saturated rings. The summed E-state index contributed by atoms with van der Waals surface area (Å²) in [6.45, 7) is 5.75. The number of benzene rings is 1. The zero-order valence-corrected chi connectivity index (χ0v) is 12.7. The highest BCUT2D eigenvalue weighted by Gasteiger charge is 2.10. The van der Waals surface area contributed by atoms with Gasteiger partial charge in [-0.2, -0.15) is 0 Å². The lowest BCUT2D eigenvalue weighted by Gasteiger charge is -2.18. The Labute approximate surface area is 116 Å². The molecule has 0 aromatic heterocycles. The summed E-state index contributed by atoms with van der Waals surface area (Å²) in [5.74, 6) is 0.500. The summed E-state index contributed by atoms with van der Waals surface area (Å²) < 4.78 is 22.6. The fraction of sp³-hybridized carbons (Fsp3) is 0.571. The third kappa shape index (κ3) is 5.30. The first-order valence-electron chi connectivity index (χ1n) is 6.60. The minimum atomic E-state index is -3.11. The summed E-state index contributed by atoms with van der Waals surface area (Å²) in [5.41, 5.74) is 7.09. The zero-order valence-electron chi connectivity index (χ0n) is 11.9. The Bertz CT molecular complexity index is 483. The van der Waals surface area contributed by atoms with Crippen LogP contribution in [0, 0.1) is 5.92 Å². The van der Waals surface area contributed by atoms with Gasteiger partial charge in [0.25, 0.3) is 0 Å². The van der Waals surface area contributed by atoms with Gasteiger partial charge in [-0.15, -0.1) is 0 Å². The molecule has 0 heterocycles. The smallest absolute Gasteiger partial charge is 0.175 e. The Kier molecular flexibility index (Phi) is 5.97. The lowest BCUT2D eigenvalue weighted by molar-refractivity contribution is 0.418. The Hall–Kier alpha value is -0.910. The van der Waals surface area contributed by atoms with E-state index < -0.39 is 9.84 Å². The van der Waals surface area contributed by atoms with Gasteiger partial charge in [0.1, 0.15) is 0 Å². The molecule has 2 atom stereocenters. The molecule has 5 heteroatoms. The van der Waals surface area contributed by atoms with E-state index in [4.69, 9.17) is 5.73 Å². The highest BCUT2D eigenvalue weighted by molar-refractivity contribution is 7.90. The van der Waals surface area contributed by atoms with Gasteiger partial charge in [-0.25, -0.2) is 8.42 Å². The Morgan fingerprint density at radius 1 is 1.26 bits per heavy atom. The molecule has 0 bridgehead atoms. The maximum absolute atomic E-state index is 11.3. The van der Waals surface area contributed by atoms with Crippen LogP contribution in [0.5, 0.6) is 0 Å². The van der Waals surface area contributed by atoms with Crippen molar-refractivity contribution >= 4 is 9.84 Å². The SMILES string of the molecule is CCC(C)C(N)CNCc1ccc(S(C)(=O)=O)cc1. The molecule has 3 N–H and O–H groups in total.